The van der Waals surface area contributed by atoms with E-state index >= 15 is 0 Å². The largest absolute Gasteiger partial charge is 0.394 e. The number of ether oxygens (including phenoxy) is 2. The smallest absolute Gasteiger partial charge is 0.330 e. The molecule has 4 atom stereocenters. The van der Waals surface area contributed by atoms with Crippen LogP contribution in [0, 0.1) is 0 Å². The Hall–Kier alpha value is -1.74. The number of nitrogens with one attached hydrogen (secondary N) is 1. The highest BCUT2D eigenvalue weighted by Crippen LogP contribution is 2.30. The summed E-state index contributed by atoms with van der Waals surface area (Å²) in [6, 6.07) is 1.16. The van der Waals surface area contributed by atoms with Crippen molar-refractivity contribution in [2.45, 2.75) is 24.5 Å². The van der Waals surface area contributed by atoms with E-state index in [0.29, 0.717) is 0 Å². The van der Waals surface area contributed by atoms with Crippen LogP contribution < -0.4 is 11.2 Å². The SMILES string of the molecule is C=CCO[C@H]1C(O)[C@@H](CO)O[C@H]1n1ccc(=O)[nH]c1=O. The van der Waals surface area contributed by atoms with Gasteiger partial charge in [-0.3, -0.25) is 14.3 Å². The van der Waals surface area contributed by atoms with Crippen molar-refractivity contribution in [1.82, 2.24) is 9.55 Å². The second kappa shape index (κ2) is 6.14. The average Bonchev–Trinajstić information content (AvgIpc) is 2.73. The molecule has 0 radical (unpaired) electrons. The van der Waals surface area contributed by atoms with Gasteiger partial charge in [-0.2, -0.15) is 0 Å². The number of aliphatic hydroxyl groups is 2. The molecule has 1 aromatic rings. The Balaban J connectivity index is 2.33. The first-order valence-corrected chi connectivity index (χ1v) is 6.07. The van der Waals surface area contributed by atoms with Crippen LogP contribution in [0.1, 0.15) is 6.23 Å². The van der Waals surface area contributed by atoms with E-state index in [2.05, 4.69) is 11.6 Å². The van der Waals surface area contributed by atoms with Gasteiger partial charge in [0.2, 0.25) is 0 Å². The summed E-state index contributed by atoms with van der Waals surface area (Å²) >= 11 is 0. The molecular formula is C12H16N2O6. The van der Waals surface area contributed by atoms with Crippen molar-refractivity contribution >= 4 is 0 Å². The summed E-state index contributed by atoms with van der Waals surface area (Å²) in [6.07, 6.45) is -1.01. The number of nitrogens with zero attached hydrogens (tertiary/aromatic N) is 1. The summed E-state index contributed by atoms with van der Waals surface area (Å²) in [5.74, 6) is 0. The van der Waals surface area contributed by atoms with Gasteiger partial charge in [-0.05, 0) is 0 Å². The molecule has 1 fully saturated rings. The Kier molecular flexibility index (Phi) is 4.50. The second-order valence-electron chi connectivity index (χ2n) is 4.34. The van der Waals surface area contributed by atoms with Crippen LogP contribution in [0.2, 0.25) is 0 Å². The Labute approximate surface area is 113 Å². The summed E-state index contributed by atoms with van der Waals surface area (Å²) in [7, 11) is 0. The number of hydrogen-bond acceptors (Lipinski definition) is 6. The minimum atomic E-state index is -1.09. The molecule has 2 rings (SSSR count). The topological polar surface area (TPSA) is 114 Å². The molecule has 20 heavy (non-hydrogen) atoms. The minimum Gasteiger partial charge on any atom is -0.394 e. The standard InChI is InChI=1S/C12H16N2O6/c1-2-5-19-10-9(17)7(6-15)20-11(10)14-4-3-8(16)13-12(14)18/h2-4,7,9-11,15,17H,1,5-6H2,(H,13,16,18)/t7-,9?,10+,11-/m1/s1. The zero-order valence-corrected chi connectivity index (χ0v) is 10.6. The molecule has 0 amide bonds. The van der Waals surface area contributed by atoms with Crippen LogP contribution in [0.25, 0.3) is 0 Å². The second-order valence-corrected chi connectivity index (χ2v) is 4.34. The maximum atomic E-state index is 11.8. The van der Waals surface area contributed by atoms with E-state index in [4.69, 9.17) is 14.6 Å². The van der Waals surface area contributed by atoms with Crippen LogP contribution >= 0.6 is 0 Å². The van der Waals surface area contributed by atoms with Gasteiger partial charge in [-0.15, -0.1) is 6.58 Å². The molecular weight excluding hydrogens is 268 g/mol. The highest BCUT2D eigenvalue weighted by atomic mass is 16.6. The lowest BCUT2D eigenvalue weighted by Gasteiger charge is -2.21. The maximum Gasteiger partial charge on any atom is 0.330 e. The third kappa shape index (κ3) is 2.73. The Morgan fingerprint density at radius 2 is 2.30 bits per heavy atom. The molecule has 2 heterocycles. The molecule has 8 nitrogen and oxygen atoms in total. The van der Waals surface area contributed by atoms with E-state index in [1.165, 1.54) is 12.3 Å². The van der Waals surface area contributed by atoms with E-state index in [1.807, 2.05) is 0 Å². The quantitative estimate of drug-likeness (QED) is 0.559. The normalized spacial score (nSPS) is 29.5. The van der Waals surface area contributed by atoms with E-state index in [1.54, 1.807) is 0 Å². The summed E-state index contributed by atoms with van der Waals surface area (Å²) < 4.78 is 11.9. The summed E-state index contributed by atoms with van der Waals surface area (Å²) in [5.41, 5.74) is -1.22. The average molecular weight is 284 g/mol. The van der Waals surface area contributed by atoms with Crippen LogP contribution in [-0.4, -0.2) is 51.3 Å². The van der Waals surface area contributed by atoms with E-state index in [-0.39, 0.29) is 6.61 Å². The highest BCUT2D eigenvalue weighted by Gasteiger charge is 2.45. The molecule has 3 N–H and O–H groups in total. The van der Waals surface area contributed by atoms with Crippen molar-refractivity contribution in [2.24, 2.45) is 0 Å². The predicted molar refractivity (Wildman–Crippen MR) is 68.3 cm³/mol. The van der Waals surface area contributed by atoms with Gasteiger partial charge in [0.25, 0.3) is 5.56 Å². The van der Waals surface area contributed by atoms with Gasteiger partial charge in [0.15, 0.2) is 6.23 Å². The molecule has 1 aliphatic heterocycles. The molecule has 0 aromatic carbocycles. The van der Waals surface area contributed by atoms with Crippen molar-refractivity contribution in [1.29, 1.82) is 0 Å². The number of aliphatic hydroxyl groups excluding tert-OH is 2. The highest BCUT2D eigenvalue weighted by molar-refractivity contribution is 4.94. The van der Waals surface area contributed by atoms with Gasteiger partial charge in [0.05, 0.1) is 13.2 Å². The Morgan fingerprint density at radius 1 is 1.55 bits per heavy atom. The first-order chi connectivity index (χ1) is 9.58. The lowest BCUT2D eigenvalue weighted by molar-refractivity contribution is -0.0686. The van der Waals surface area contributed by atoms with Crippen molar-refractivity contribution < 1.29 is 19.7 Å². The molecule has 8 heteroatoms. The van der Waals surface area contributed by atoms with E-state index in [0.717, 1.165) is 10.6 Å². The third-order valence-corrected chi connectivity index (χ3v) is 3.02. The lowest BCUT2D eigenvalue weighted by Crippen LogP contribution is -2.39. The third-order valence-electron chi connectivity index (χ3n) is 3.02. The number of H-pyrrole nitrogens is 1. The molecule has 1 saturated heterocycles. The molecule has 110 valence electrons. The fourth-order valence-corrected chi connectivity index (χ4v) is 2.08. The van der Waals surface area contributed by atoms with Crippen LogP contribution in [0.5, 0.6) is 0 Å². The Morgan fingerprint density at radius 3 is 2.90 bits per heavy atom. The molecule has 0 bridgehead atoms. The monoisotopic (exact) mass is 284 g/mol. The van der Waals surface area contributed by atoms with Crippen molar-refractivity contribution in [3.63, 3.8) is 0 Å². The maximum absolute atomic E-state index is 11.8. The van der Waals surface area contributed by atoms with E-state index < -0.39 is 42.4 Å². The van der Waals surface area contributed by atoms with Crippen molar-refractivity contribution in [3.8, 4) is 0 Å². The van der Waals surface area contributed by atoms with Crippen LogP contribution in [0.15, 0.2) is 34.5 Å². The number of rotatable bonds is 5. The van der Waals surface area contributed by atoms with Gasteiger partial charge in [0.1, 0.15) is 18.3 Å². The summed E-state index contributed by atoms with van der Waals surface area (Å²) in [5, 5.41) is 19.2. The zero-order valence-electron chi connectivity index (χ0n) is 10.6. The van der Waals surface area contributed by atoms with Crippen LogP contribution in [-0.2, 0) is 9.47 Å². The first-order valence-electron chi connectivity index (χ1n) is 6.07. The summed E-state index contributed by atoms with van der Waals surface area (Å²) in [4.78, 5) is 24.9. The molecule has 1 aliphatic rings. The Bertz CT molecular complexity index is 580. The number of aromatic nitrogens is 2. The summed E-state index contributed by atoms with van der Waals surface area (Å²) in [6.45, 7) is 3.24. The van der Waals surface area contributed by atoms with Crippen molar-refractivity contribution in [3.05, 3.63) is 45.8 Å². The lowest BCUT2D eigenvalue weighted by atomic mass is 10.1. The van der Waals surface area contributed by atoms with Crippen LogP contribution in [0.4, 0.5) is 0 Å². The van der Waals surface area contributed by atoms with E-state index in [9.17, 15) is 14.7 Å². The molecule has 0 saturated carbocycles. The predicted octanol–water partition coefficient (Wildman–Crippen LogP) is -1.64. The van der Waals surface area contributed by atoms with Gasteiger partial charge in [-0.1, -0.05) is 6.08 Å². The van der Waals surface area contributed by atoms with Gasteiger partial charge in [-0.25, -0.2) is 4.79 Å². The van der Waals surface area contributed by atoms with Gasteiger partial charge >= 0.3 is 5.69 Å². The molecule has 1 aromatic heterocycles. The minimum absolute atomic E-state index is 0.151. The fraction of sp³-hybridized carbons (Fsp3) is 0.500. The van der Waals surface area contributed by atoms with Gasteiger partial charge in [0, 0.05) is 12.3 Å². The molecule has 1 unspecified atom stereocenters. The first kappa shape index (κ1) is 14.7. The molecule has 0 aliphatic carbocycles. The number of hydrogen-bond donors (Lipinski definition) is 3. The molecule has 0 spiro atoms. The van der Waals surface area contributed by atoms with Crippen molar-refractivity contribution in [2.75, 3.05) is 13.2 Å². The van der Waals surface area contributed by atoms with Crippen LogP contribution in [0.3, 0.4) is 0 Å². The number of aromatic amines is 1. The fourth-order valence-electron chi connectivity index (χ4n) is 2.08. The zero-order chi connectivity index (χ0) is 14.7. The van der Waals surface area contributed by atoms with Gasteiger partial charge < -0.3 is 19.7 Å².